The van der Waals surface area contributed by atoms with Crippen LogP contribution in [0.2, 0.25) is 0 Å². The minimum Gasteiger partial charge on any atom is -0.493 e. The van der Waals surface area contributed by atoms with Crippen LogP contribution in [0.5, 0.6) is 5.75 Å². The van der Waals surface area contributed by atoms with Crippen molar-refractivity contribution < 1.29 is 14.2 Å². The second-order valence-electron chi connectivity index (χ2n) is 6.87. The van der Waals surface area contributed by atoms with Gasteiger partial charge in [-0.05, 0) is 31.9 Å². The largest absolute Gasteiger partial charge is 0.493 e. The third kappa shape index (κ3) is 8.96. The SMILES string of the molecule is CCNC(=NCCCOc1ccccc1C)N1CCC(COCCOC)C1.I. The van der Waals surface area contributed by atoms with Gasteiger partial charge in [0, 0.05) is 45.6 Å². The number of aliphatic imine (C=N–C) groups is 1. The molecule has 160 valence electrons. The summed E-state index contributed by atoms with van der Waals surface area (Å²) < 4.78 is 16.6. The maximum absolute atomic E-state index is 5.86. The van der Waals surface area contributed by atoms with E-state index in [2.05, 4.69) is 30.1 Å². The van der Waals surface area contributed by atoms with Crippen LogP contribution in [-0.4, -0.2) is 70.6 Å². The van der Waals surface area contributed by atoms with Crippen LogP contribution in [0.4, 0.5) is 0 Å². The van der Waals surface area contributed by atoms with Gasteiger partial charge in [0.1, 0.15) is 5.75 Å². The molecule has 6 nitrogen and oxygen atoms in total. The van der Waals surface area contributed by atoms with E-state index < -0.39 is 0 Å². The molecule has 1 aliphatic heterocycles. The average Bonchev–Trinajstić information content (AvgIpc) is 3.14. The number of halogens is 1. The van der Waals surface area contributed by atoms with Crippen molar-refractivity contribution in [1.82, 2.24) is 10.2 Å². The number of hydrogen-bond acceptors (Lipinski definition) is 4. The number of para-hydroxylation sites is 1. The van der Waals surface area contributed by atoms with Gasteiger partial charge in [0.15, 0.2) is 5.96 Å². The average molecular weight is 505 g/mol. The van der Waals surface area contributed by atoms with Crippen molar-refractivity contribution in [3.63, 3.8) is 0 Å². The number of aryl methyl sites for hydroxylation is 1. The van der Waals surface area contributed by atoms with Crippen LogP contribution >= 0.6 is 24.0 Å². The van der Waals surface area contributed by atoms with Gasteiger partial charge in [-0.25, -0.2) is 0 Å². The molecule has 1 aliphatic rings. The molecule has 1 saturated heterocycles. The third-order valence-electron chi connectivity index (χ3n) is 4.62. The molecule has 0 aromatic heterocycles. The minimum atomic E-state index is 0. The van der Waals surface area contributed by atoms with Gasteiger partial charge in [-0.3, -0.25) is 4.99 Å². The fourth-order valence-electron chi connectivity index (χ4n) is 3.13. The Labute approximate surface area is 187 Å². The Morgan fingerprint density at radius 3 is 2.82 bits per heavy atom. The van der Waals surface area contributed by atoms with Gasteiger partial charge < -0.3 is 24.4 Å². The van der Waals surface area contributed by atoms with E-state index in [0.717, 1.165) is 57.3 Å². The summed E-state index contributed by atoms with van der Waals surface area (Å²) in [5, 5.41) is 3.41. The van der Waals surface area contributed by atoms with Crippen LogP contribution in [0.25, 0.3) is 0 Å². The molecule has 7 heteroatoms. The molecule has 1 unspecified atom stereocenters. The molecule has 2 rings (SSSR count). The lowest BCUT2D eigenvalue weighted by Crippen LogP contribution is -2.40. The Morgan fingerprint density at radius 2 is 2.07 bits per heavy atom. The van der Waals surface area contributed by atoms with E-state index in [4.69, 9.17) is 19.2 Å². The molecule has 1 atom stereocenters. The molecule has 0 amide bonds. The first-order valence-electron chi connectivity index (χ1n) is 10.0. The van der Waals surface area contributed by atoms with E-state index in [-0.39, 0.29) is 24.0 Å². The first-order valence-corrected chi connectivity index (χ1v) is 10.0. The molecule has 1 heterocycles. The molecule has 28 heavy (non-hydrogen) atoms. The third-order valence-corrected chi connectivity index (χ3v) is 4.62. The maximum Gasteiger partial charge on any atom is 0.193 e. The van der Waals surface area contributed by atoms with Crippen molar-refractivity contribution in [2.75, 3.05) is 59.7 Å². The normalized spacial score (nSPS) is 16.8. The van der Waals surface area contributed by atoms with Gasteiger partial charge in [0.25, 0.3) is 0 Å². The molecular weight excluding hydrogens is 469 g/mol. The summed E-state index contributed by atoms with van der Waals surface area (Å²) in [5.74, 6) is 2.53. The van der Waals surface area contributed by atoms with E-state index in [9.17, 15) is 0 Å². The number of benzene rings is 1. The molecule has 0 saturated carbocycles. The zero-order chi connectivity index (χ0) is 19.3. The molecule has 1 N–H and O–H groups in total. The number of hydrogen-bond donors (Lipinski definition) is 1. The highest BCUT2D eigenvalue weighted by Gasteiger charge is 2.24. The van der Waals surface area contributed by atoms with Crippen LogP contribution in [0.3, 0.4) is 0 Å². The summed E-state index contributed by atoms with van der Waals surface area (Å²) in [6, 6.07) is 8.12. The van der Waals surface area contributed by atoms with Gasteiger partial charge >= 0.3 is 0 Å². The van der Waals surface area contributed by atoms with Crippen LogP contribution in [-0.2, 0) is 9.47 Å². The summed E-state index contributed by atoms with van der Waals surface area (Å²) in [5.41, 5.74) is 1.17. The lowest BCUT2D eigenvalue weighted by Gasteiger charge is -2.21. The number of methoxy groups -OCH3 is 1. The number of likely N-dealkylation sites (tertiary alicyclic amines) is 1. The monoisotopic (exact) mass is 505 g/mol. The first kappa shape index (κ1) is 25.0. The molecular formula is C21H36IN3O3. The topological polar surface area (TPSA) is 55.3 Å². The van der Waals surface area contributed by atoms with Crippen molar-refractivity contribution in [1.29, 1.82) is 0 Å². The second-order valence-corrected chi connectivity index (χ2v) is 6.87. The van der Waals surface area contributed by atoms with E-state index >= 15 is 0 Å². The summed E-state index contributed by atoms with van der Waals surface area (Å²) in [7, 11) is 1.70. The van der Waals surface area contributed by atoms with Crippen molar-refractivity contribution in [3.05, 3.63) is 29.8 Å². The van der Waals surface area contributed by atoms with Crippen LogP contribution in [0.15, 0.2) is 29.3 Å². The van der Waals surface area contributed by atoms with E-state index in [1.807, 2.05) is 18.2 Å². The first-order chi connectivity index (χ1) is 13.2. The van der Waals surface area contributed by atoms with Crippen molar-refractivity contribution in [3.8, 4) is 5.75 Å². The Bertz CT molecular complexity index is 572. The van der Waals surface area contributed by atoms with Crippen molar-refractivity contribution in [2.24, 2.45) is 10.9 Å². The Kier molecular flexibility index (Phi) is 13.3. The molecule has 1 aromatic rings. The van der Waals surface area contributed by atoms with Gasteiger partial charge in [0.05, 0.1) is 26.4 Å². The second kappa shape index (κ2) is 14.9. The summed E-state index contributed by atoms with van der Waals surface area (Å²) >= 11 is 0. The van der Waals surface area contributed by atoms with Crippen molar-refractivity contribution >= 4 is 29.9 Å². The lowest BCUT2D eigenvalue weighted by atomic mass is 10.1. The number of guanidine groups is 1. The van der Waals surface area contributed by atoms with Gasteiger partial charge in [0.2, 0.25) is 0 Å². The Balaban J connectivity index is 0.00000392. The van der Waals surface area contributed by atoms with E-state index in [1.165, 1.54) is 5.56 Å². The van der Waals surface area contributed by atoms with Crippen LogP contribution in [0, 0.1) is 12.8 Å². The molecule has 0 radical (unpaired) electrons. The smallest absolute Gasteiger partial charge is 0.193 e. The maximum atomic E-state index is 5.86. The van der Waals surface area contributed by atoms with Gasteiger partial charge in [-0.2, -0.15) is 0 Å². The summed E-state index contributed by atoms with van der Waals surface area (Å²) in [6.45, 7) is 10.7. The standard InChI is InChI=1S/C21H35N3O3.HI/c1-4-22-21(24-12-10-19(16-24)17-26-15-14-25-3)23-11-7-13-27-20-9-6-5-8-18(20)2;/h5-6,8-9,19H,4,7,10-17H2,1-3H3,(H,22,23);1H. The van der Waals surface area contributed by atoms with E-state index in [0.29, 0.717) is 25.7 Å². The molecule has 0 aliphatic carbocycles. The number of rotatable bonds is 11. The Morgan fingerprint density at radius 1 is 1.25 bits per heavy atom. The fraction of sp³-hybridized carbons (Fsp3) is 0.667. The zero-order valence-corrected chi connectivity index (χ0v) is 19.8. The predicted molar refractivity (Wildman–Crippen MR) is 125 cm³/mol. The number of nitrogens with zero attached hydrogens (tertiary/aromatic N) is 2. The summed E-state index contributed by atoms with van der Waals surface area (Å²) in [4.78, 5) is 7.13. The minimum absolute atomic E-state index is 0. The molecule has 0 spiro atoms. The molecule has 1 fully saturated rings. The van der Waals surface area contributed by atoms with E-state index in [1.54, 1.807) is 7.11 Å². The summed E-state index contributed by atoms with van der Waals surface area (Å²) in [6.07, 6.45) is 2.05. The van der Waals surface area contributed by atoms with Crippen molar-refractivity contribution in [2.45, 2.75) is 26.7 Å². The number of ether oxygens (including phenoxy) is 3. The predicted octanol–water partition coefficient (Wildman–Crippen LogP) is 3.33. The highest BCUT2D eigenvalue weighted by atomic mass is 127. The fourth-order valence-corrected chi connectivity index (χ4v) is 3.13. The molecule has 1 aromatic carbocycles. The van der Waals surface area contributed by atoms with Crippen LogP contribution in [0.1, 0.15) is 25.3 Å². The number of nitrogens with one attached hydrogen (secondary N) is 1. The Hall–Kier alpha value is -1.06. The zero-order valence-electron chi connectivity index (χ0n) is 17.5. The highest BCUT2D eigenvalue weighted by Crippen LogP contribution is 2.17. The molecule has 0 bridgehead atoms. The van der Waals surface area contributed by atoms with Gasteiger partial charge in [-0.1, -0.05) is 18.2 Å². The lowest BCUT2D eigenvalue weighted by molar-refractivity contribution is 0.0536. The van der Waals surface area contributed by atoms with Gasteiger partial charge in [-0.15, -0.1) is 24.0 Å². The van der Waals surface area contributed by atoms with Crippen LogP contribution < -0.4 is 10.1 Å². The quantitative estimate of drug-likeness (QED) is 0.217. The highest BCUT2D eigenvalue weighted by molar-refractivity contribution is 14.0.